The summed E-state index contributed by atoms with van der Waals surface area (Å²) in [5.41, 5.74) is 0. The molecule has 0 aromatic heterocycles. The largest absolute Gasteiger partial charge is 0.484 e. The molecular weight excluding hydrogens is 323 g/mol. The molecule has 128 valence electrons. The van der Waals surface area contributed by atoms with Crippen molar-refractivity contribution in [3.05, 3.63) is 29.3 Å². The van der Waals surface area contributed by atoms with Crippen molar-refractivity contribution < 1.29 is 19.0 Å². The van der Waals surface area contributed by atoms with Crippen LogP contribution < -0.4 is 10.1 Å². The molecule has 0 aliphatic carbocycles. The van der Waals surface area contributed by atoms with Crippen LogP contribution in [0.25, 0.3) is 0 Å². The number of piperidine rings is 1. The van der Waals surface area contributed by atoms with Crippen LogP contribution in [0.4, 0.5) is 4.39 Å². The zero-order valence-electron chi connectivity index (χ0n) is 12.9. The first-order valence-corrected chi connectivity index (χ1v) is 8.09. The van der Waals surface area contributed by atoms with Crippen molar-refractivity contribution in [2.75, 3.05) is 32.8 Å². The SMILES string of the molecule is O=C(COc1ccc(Cl)cc1)NC1CCN(CC(F)CO)CC1. The molecule has 0 radical (unpaired) electrons. The maximum Gasteiger partial charge on any atom is 0.258 e. The van der Waals surface area contributed by atoms with Gasteiger partial charge in [-0.2, -0.15) is 0 Å². The Morgan fingerprint density at radius 2 is 2.04 bits per heavy atom. The fraction of sp³-hybridized carbons (Fsp3) is 0.562. The number of nitrogens with one attached hydrogen (secondary N) is 1. The first-order chi connectivity index (χ1) is 11.1. The number of ether oxygens (including phenoxy) is 1. The van der Waals surface area contributed by atoms with E-state index < -0.39 is 12.8 Å². The van der Waals surface area contributed by atoms with Crippen LogP contribution in [0.1, 0.15) is 12.8 Å². The summed E-state index contributed by atoms with van der Waals surface area (Å²) in [6, 6.07) is 6.91. The highest BCUT2D eigenvalue weighted by Gasteiger charge is 2.22. The molecule has 0 saturated carbocycles. The fourth-order valence-corrected chi connectivity index (χ4v) is 2.67. The summed E-state index contributed by atoms with van der Waals surface area (Å²) in [5, 5.41) is 12.3. The van der Waals surface area contributed by atoms with Crippen LogP contribution in [0, 0.1) is 0 Å². The molecule has 2 rings (SSSR count). The second kappa shape index (κ2) is 9.05. The molecule has 1 aliphatic heterocycles. The Morgan fingerprint density at radius 1 is 1.39 bits per heavy atom. The average molecular weight is 345 g/mol. The molecule has 1 aromatic rings. The molecule has 1 aliphatic rings. The normalized spacial score (nSPS) is 17.7. The van der Waals surface area contributed by atoms with Crippen molar-refractivity contribution in [2.24, 2.45) is 0 Å². The molecular formula is C16H22ClFN2O3. The van der Waals surface area contributed by atoms with Gasteiger partial charge in [-0.25, -0.2) is 4.39 Å². The number of nitrogens with zero attached hydrogens (tertiary/aromatic N) is 1. The van der Waals surface area contributed by atoms with Gasteiger partial charge in [0.1, 0.15) is 11.9 Å². The second-order valence-corrected chi connectivity index (χ2v) is 6.10. The van der Waals surface area contributed by atoms with Crippen molar-refractivity contribution >= 4 is 17.5 Å². The van der Waals surface area contributed by atoms with E-state index in [2.05, 4.69) is 5.32 Å². The number of carbonyl (C=O) groups excluding carboxylic acids is 1. The Kier molecular flexibility index (Phi) is 7.08. The van der Waals surface area contributed by atoms with E-state index in [0.717, 1.165) is 12.8 Å². The van der Waals surface area contributed by atoms with E-state index in [4.69, 9.17) is 21.4 Å². The second-order valence-electron chi connectivity index (χ2n) is 5.66. The Morgan fingerprint density at radius 3 is 2.65 bits per heavy atom. The lowest BCUT2D eigenvalue weighted by atomic mass is 10.0. The van der Waals surface area contributed by atoms with E-state index in [-0.39, 0.29) is 25.1 Å². The molecule has 1 amide bonds. The maximum absolute atomic E-state index is 13.1. The molecule has 1 fully saturated rings. The van der Waals surface area contributed by atoms with Gasteiger partial charge < -0.3 is 20.1 Å². The van der Waals surface area contributed by atoms with Gasteiger partial charge in [0.15, 0.2) is 6.61 Å². The van der Waals surface area contributed by atoms with Crippen molar-refractivity contribution in [1.29, 1.82) is 0 Å². The number of aliphatic hydroxyl groups is 1. The number of amides is 1. The topological polar surface area (TPSA) is 61.8 Å². The molecule has 1 saturated heterocycles. The maximum atomic E-state index is 13.1. The van der Waals surface area contributed by atoms with E-state index in [1.165, 1.54) is 0 Å². The molecule has 1 aromatic carbocycles. The van der Waals surface area contributed by atoms with E-state index in [0.29, 0.717) is 23.9 Å². The molecule has 2 N–H and O–H groups in total. The molecule has 1 atom stereocenters. The standard InChI is InChI=1S/C16H22ClFN2O3/c17-12-1-3-15(4-2-12)23-11-16(22)19-14-5-7-20(8-6-14)9-13(18)10-21/h1-4,13-14,21H,5-11H2,(H,19,22). The zero-order chi connectivity index (χ0) is 16.7. The Balaban J connectivity index is 1.65. The molecule has 23 heavy (non-hydrogen) atoms. The van der Waals surface area contributed by atoms with Gasteiger partial charge in [-0.15, -0.1) is 0 Å². The number of hydrogen-bond donors (Lipinski definition) is 2. The number of benzene rings is 1. The summed E-state index contributed by atoms with van der Waals surface area (Å²) in [4.78, 5) is 13.9. The number of halogens is 2. The van der Waals surface area contributed by atoms with Crippen molar-refractivity contribution in [1.82, 2.24) is 10.2 Å². The molecule has 1 heterocycles. The minimum atomic E-state index is -1.20. The van der Waals surface area contributed by atoms with Crippen LogP contribution in [0.2, 0.25) is 5.02 Å². The number of aliphatic hydroxyl groups excluding tert-OH is 1. The summed E-state index contributed by atoms with van der Waals surface area (Å²) in [6.07, 6.45) is 0.337. The highest BCUT2D eigenvalue weighted by molar-refractivity contribution is 6.30. The predicted molar refractivity (Wildman–Crippen MR) is 86.5 cm³/mol. The summed E-state index contributed by atoms with van der Waals surface area (Å²) >= 11 is 5.78. The van der Waals surface area contributed by atoms with Gasteiger partial charge in [0, 0.05) is 30.7 Å². The van der Waals surface area contributed by atoms with Crippen molar-refractivity contribution in [2.45, 2.75) is 25.1 Å². The lowest BCUT2D eigenvalue weighted by Gasteiger charge is -2.32. The quantitative estimate of drug-likeness (QED) is 0.789. The highest BCUT2D eigenvalue weighted by Crippen LogP contribution is 2.15. The number of likely N-dealkylation sites (tertiary alicyclic amines) is 1. The van der Waals surface area contributed by atoms with Crippen molar-refractivity contribution in [3.8, 4) is 5.75 Å². The van der Waals surface area contributed by atoms with Crippen LogP contribution >= 0.6 is 11.6 Å². The summed E-state index contributed by atoms with van der Waals surface area (Å²) in [5.74, 6) is 0.425. The number of rotatable bonds is 7. The van der Waals surface area contributed by atoms with Gasteiger partial charge in [-0.1, -0.05) is 11.6 Å². The van der Waals surface area contributed by atoms with Gasteiger partial charge in [0.05, 0.1) is 6.61 Å². The number of carbonyl (C=O) groups is 1. The summed E-state index contributed by atoms with van der Waals surface area (Å²) in [7, 11) is 0. The Hall–Kier alpha value is -1.37. The smallest absolute Gasteiger partial charge is 0.258 e. The monoisotopic (exact) mass is 344 g/mol. The zero-order valence-corrected chi connectivity index (χ0v) is 13.6. The minimum absolute atomic E-state index is 0.0427. The van der Waals surface area contributed by atoms with Crippen molar-refractivity contribution in [3.63, 3.8) is 0 Å². The van der Waals surface area contributed by atoms with E-state index in [1.807, 2.05) is 4.90 Å². The number of alkyl halides is 1. The highest BCUT2D eigenvalue weighted by atomic mass is 35.5. The lowest BCUT2D eigenvalue weighted by Crippen LogP contribution is -2.47. The third-order valence-electron chi connectivity index (χ3n) is 3.79. The van der Waals surface area contributed by atoms with Gasteiger partial charge in [-0.05, 0) is 37.1 Å². The molecule has 7 heteroatoms. The Bertz CT molecular complexity index is 493. The van der Waals surface area contributed by atoms with E-state index >= 15 is 0 Å². The van der Waals surface area contributed by atoms with Gasteiger partial charge in [0.2, 0.25) is 0 Å². The Labute approximate surface area is 140 Å². The number of hydrogen-bond acceptors (Lipinski definition) is 4. The minimum Gasteiger partial charge on any atom is -0.484 e. The molecule has 0 spiro atoms. The first-order valence-electron chi connectivity index (χ1n) is 7.72. The van der Waals surface area contributed by atoms with Crippen LogP contribution in [0.3, 0.4) is 0 Å². The van der Waals surface area contributed by atoms with Crippen LogP contribution in [0.5, 0.6) is 5.75 Å². The van der Waals surface area contributed by atoms with Gasteiger partial charge in [0.25, 0.3) is 5.91 Å². The lowest BCUT2D eigenvalue weighted by molar-refractivity contribution is -0.124. The third-order valence-corrected chi connectivity index (χ3v) is 4.04. The third kappa shape index (κ3) is 6.33. The van der Waals surface area contributed by atoms with Gasteiger partial charge >= 0.3 is 0 Å². The fourth-order valence-electron chi connectivity index (χ4n) is 2.55. The van der Waals surface area contributed by atoms with Gasteiger partial charge in [-0.3, -0.25) is 4.79 Å². The van der Waals surface area contributed by atoms with Crippen LogP contribution in [0.15, 0.2) is 24.3 Å². The predicted octanol–water partition coefficient (Wildman–Crippen LogP) is 1.63. The van der Waals surface area contributed by atoms with E-state index in [1.54, 1.807) is 24.3 Å². The molecule has 5 nitrogen and oxygen atoms in total. The first kappa shape index (κ1) is 18.0. The van der Waals surface area contributed by atoms with Crippen LogP contribution in [-0.2, 0) is 4.79 Å². The van der Waals surface area contributed by atoms with E-state index in [9.17, 15) is 9.18 Å². The molecule has 0 bridgehead atoms. The van der Waals surface area contributed by atoms with Crippen LogP contribution in [-0.4, -0.2) is 61.0 Å². The summed E-state index contributed by atoms with van der Waals surface area (Å²) < 4.78 is 18.5. The molecule has 1 unspecified atom stereocenters. The average Bonchev–Trinajstić information content (AvgIpc) is 2.56. The summed E-state index contributed by atoms with van der Waals surface area (Å²) in [6.45, 7) is 1.18.